The van der Waals surface area contributed by atoms with Crippen molar-refractivity contribution in [1.29, 1.82) is 0 Å². The Labute approximate surface area is 101 Å². The molecule has 1 aliphatic rings. The van der Waals surface area contributed by atoms with Crippen LogP contribution >= 0.6 is 11.6 Å². The van der Waals surface area contributed by atoms with Gasteiger partial charge in [0.15, 0.2) is 6.29 Å². The van der Waals surface area contributed by atoms with Crippen LogP contribution in [0, 0.1) is 0 Å². The first kappa shape index (κ1) is 11.8. The van der Waals surface area contributed by atoms with E-state index in [1.807, 2.05) is 12.1 Å². The summed E-state index contributed by atoms with van der Waals surface area (Å²) in [5.41, 5.74) is 1.15. The fourth-order valence-corrected chi connectivity index (χ4v) is 1.95. The smallest absolute Gasteiger partial charge is 0.157 e. The van der Waals surface area contributed by atoms with Crippen molar-refractivity contribution in [2.24, 2.45) is 0 Å². The van der Waals surface area contributed by atoms with E-state index in [4.69, 9.17) is 21.1 Å². The topological polar surface area (TPSA) is 31.4 Å². The van der Waals surface area contributed by atoms with Crippen LogP contribution in [0.3, 0.4) is 0 Å². The predicted molar refractivity (Wildman–Crippen MR) is 62.5 cm³/mol. The maximum absolute atomic E-state index is 5.80. The minimum Gasteiger partial charge on any atom is -0.353 e. The summed E-state index contributed by atoms with van der Waals surface area (Å²) >= 11 is 5.80. The molecule has 0 spiro atoms. The summed E-state index contributed by atoms with van der Waals surface area (Å²) in [6.07, 6.45) is 5.92. The van der Waals surface area contributed by atoms with Crippen LogP contribution in [0.4, 0.5) is 0 Å². The number of pyridine rings is 1. The summed E-state index contributed by atoms with van der Waals surface area (Å²) in [7, 11) is 0. The predicted octanol–water partition coefficient (Wildman–Crippen LogP) is 2.82. The molecule has 0 N–H and O–H groups in total. The molecule has 16 heavy (non-hydrogen) atoms. The highest BCUT2D eigenvalue weighted by Crippen LogP contribution is 2.14. The average Bonchev–Trinajstić information content (AvgIpc) is 2.30. The molecule has 0 saturated carbocycles. The van der Waals surface area contributed by atoms with E-state index in [9.17, 15) is 0 Å². The Morgan fingerprint density at radius 3 is 3.19 bits per heavy atom. The molecule has 3 nitrogen and oxygen atoms in total. The van der Waals surface area contributed by atoms with Crippen molar-refractivity contribution in [2.75, 3.05) is 13.2 Å². The van der Waals surface area contributed by atoms with E-state index in [1.165, 1.54) is 6.42 Å². The number of halogens is 1. The summed E-state index contributed by atoms with van der Waals surface area (Å²) in [5.74, 6) is 0. The van der Waals surface area contributed by atoms with Crippen LogP contribution in [-0.2, 0) is 15.9 Å². The Kier molecular flexibility index (Phi) is 4.57. The van der Waals surface area contributed by atoms with Gasteiger partial charge in [-0.1, -0.05) is 11.6 Å². The first-order chi connectivity index (χ1) is 7.84. The zero-order valence-corrected chi connectivity index (χ0v) is 9.95. The van der Waals surface area contributed by atoms with Gasteiger partial charge in [-0.05, 0) is 43.4 Å². The fraction of sp³-hybridized carbons (Fsp3) is 0.583. The lowest BCUT2D eigenvalue weighted by atomic mass is 10.2. The maximum Gasteiger partial charge on any atom is 0.157 e. The van der Waals surface area contributed by atoms with E-state index in [0.717, 1.165) is 31.4 Å². The summed E-state index contributed by atoms with van der Waals surface area (Å²) in [6.45, 7) is 1.50. The highest BCUT2D eigenvalue weighted by molar-refractivity contribution is 6.29. The summed E-state index contributed by atoms with van der Waals surface area (Å²) in [5, 5.41) is 0.534. The molecular formula is C12H16ClNO2. The number of aromatic nitrogens is 1. The number of ether oxygens (including phenoxy) is 2. The van der Waals surface area contributed by atoms with Gasteiger partial charge in [-0.15, -0.1) is 0 Å². The molecule has 0 aliphatic carbocycles. The molecule has 1 atom stereocenters. The zero-order valence-electron chi connectivity index (χ0n) is 9.19. The quantitative estimate of drug-likeness (QED) is 0.760. The molecule has 2 rings (SSSR count). The van der Waals surface area contributed by atoms with Crippen LogP contribution in [0.1, 0.15) is 24.8 Å². The molecule has 0 amide bonds. The molecule has 1 aromatic rings. The van der Waals surface area contributed by atoms with Gasteiger partial charge in [-0.3, -0.25) is 0 Å². The largest absolute Gasteiger partial charge is 0.353 e. The lowest BCUT2D eigenvalue weighted by Crippen LogP contribution is -2.23. The lowest BCUT2D eigenvalue weighted by molar-refractivity contribution is -0.161. The van der Waals surface area contributed by atoms with Crippen LogP contribution in [0.2, 0.25) is 5.15 Å². The van der Waals surface area contributed by atoms with Crippen LogP contribution in [-0.4, -0.2) is 24.5 Å². The van der Waals surface area contributed by atoms with E-state index < -0.39 is 0 Å². The first-order valence-electron chi connectivity index (χ1n) is 5.68. The maximum atomic E-state index is 5.80. The summed E-state index contributed by atoms with van der Waals surface area (Å²) in [6, 6.07) is 3.82. The van der Waals surface area contributed by atoms with Crippen molar-refractivity contribution in [3.8, 4) is 0 Å². The van der Waals surface area contributed by atoms with Gasteiger partial charge in [-0.2, -0.15) is 0 Å². The standard InChI is InChI=1S/C12H16ClNO2/c13-11-9-10(4-6-14-11)5-8-16-12-3-1-2-7-15-12/h4,6,9,12H,1-3,5,7-8H2. The Morgan fingerprint density at radius 1 is 1.50 bits per heavy atom. The SMILES string of the molecule is Clc1cc(CCOC2CCCCO2)ccn1. The number of hydrogen-bond donors (Lipinski definition) is 0. The van der Waals surface area contributed by atoms with E-state index >= 15 is 0 Å². The molecule has 1 aliphatic heterocycles. The third-order valence-electron chi connectivity index (χ3n) is 2.62. The highest BCUT2D eigenvalue weighted by Gasteiger charge is 2.13. The second kappa shape index (κ2) is 6.18. The van der Waals surface area contributed by atoms with Gasteiger partial charge in [0.25, 0.3) is 0 Å². The molecule has 4 heteroatoms. The van der Waals surface area contributed by atoms with Crippen molar-refractivity contribution < 1.29 is 9.47 Å². The Morgan fingerprint density at radius 2 is 2.44 bits per heavy atom. The normalized spacial score (nSPS) is 20.9. The van der Waals surface area contributed by atoms with Crippen molar-refractivity contribution in [3.05, 3.63) is 29.0 Å². The molecule has 88 valence electrons. The molecule has 0 bridgehead atoms. The van der Waals surface area contributed by atoms with Crippen molar-refractivity contribution in [1.82, 2.24) is 4.98 Å². The summed E-state index contributed by atoms with van der Waals surface area (Å²) in [4.78, 5) is 3.94. The molecule has 1 unspecified atom stereocenters. The second-order valence-corrected chi connectivity index (χ2v) is 4.29. The molecule has 1 aromatic heterocycles. The van der Waals surface area contributed by atoms with E-state index in [-0.39, 0.29) is 6.29 Å². The van der Waals surface area contributed by atoms with Gasteiger partial charge in [0, 0.05) is 12.8 Å². The zero-order chi connectivity index (χ0) is 11.2. The van der Waals surface area contributed by atoms with Crippen molar-refractivity contribution >= 4 is 11.6 Å². The molecule has 0 radical (unpaired) electrons. The fourth-order valence-electron chi connectivity index (χ4n) is 1.75. The van der Waals surface area contributed by atoms with Gasteiger partial charge < -0.3 is 9.47 Å². The third kappa shape index (κ3) is 3.74. The van der Waals surface area contributed by atoms with Gasteiger partial charge in [0.05, 0.1) is 6.61 Å². The van der Waals surface area contributed by atoms with Gasteiger partial charge in [0.1, 0.15) is 5.15 Å². The molecular weight excluding hydrogens is 226 g/mol. The van der Waals surface area contributed by atoms with Crippen LogP contribution in [0.15, 0.2) is 18.3 Å². The van der Waals surface area contributed by atoms with Crippen molar-refractivity contribution in [3.63, 3.8) is 0 Å². The van der Waals surface area contributed by atoms with E-state index in [0.29, 0.717) is 11.8 Å². The number of rotatable bonds is 4. The first-order valence-corrected chi connectivity index (χ1v) is 6.06. The Bertz CT molecular complexity index is 327. The second-order valence-electron chi connectivity index (χ2n) is 3.90. The van der Waals surface area contributed by atoms with Gasteiger partial charge in [-0.25, -0.2) is 4.98 Å². The monoisotopic (exact) mass is 241 g/mol. The van der Waals surface area contributed by atoms with Crippen LogP contribution in [0.5, 0.6) is 0 Å². The van der Waals surface area contributed by atoms with Gasteiger partial charge >= 0.3 is 0 Å². The lowest BCUT2D eigenvalue weighted by Gasteiger charge is -2.22. The highest BCUT2D eigenvalue weighted by atomic mass is 35.5. The minimum absolute atomic E-state index is 0.00828. The minimum atomic E-state index is -0.00828. The van der Waals surface area contributed by atoms with Gasteiger partial charge in [0.2, 0.25) is 0 Å². The Balaban J connectivity index is 1.71. The van der Waals surface area contributed by atoms with Crippen molar-refractivity contribution in [2.45, 2.75) is 32.0 Å². The van der Waals surface area contributed by atoms with E-state index in [1.54, 1.807) is 6.20 Å². The number of nitrogens with zero attached hydrogens (tertiary/aromatic N) is 1. The molecule has 1 saturated heterocycles. The third-order valence-corrected chi connectivity index (χ3v) is 2.83. The molecule has 2 heterocycles. The summed E-state index contributed by atoms with van der Waals surface area (Å²) < 4.78 is 11.1. The van der Waals surface area contributed by atoms with E-state index in [2.05, 4.69) is 4.98 Å². The molecule has 1 fully saturated rings. The molecule has 0 aromatic carbocycles. The van der Waals surface area contributed by atoms with Crippen LogP contribution in [0.25, 0.3) is 0 Å². The Hall–Kier alpha value is -0.640. The average molecular weight is 242 g/mol. The number of hydrogen-bond acceptors (Lipinski definition) is 3. The van der Waals surface area contributed by atoms with Crippen LogP contribution < -0.4 is 0 Å².